The molecule has 13 heavy (non-hydrogen) atoms. The monoisotopic (exact) mass is 227 g/mol. The lowest BCUT2D eigenvalue weighted by Gasteiger charge is -2.18. The Balaban J connectivity index is 0. The highest BCUT2D eigenvalue weighted by Gasteiger charge is 2.07. The molecular formula is C9H19Cl2NO. The molecule has 0 aromatic carbocycles. The SMILES string of the molecule is CCCCN(CCCC)C(=O)Cl.Cl. The summed E-state index contributed by atoms with van der Waals surface area (Å²) in [5, 5.41) is -0.308. The summed E-state index contributed by atoms with van der Waals surface area (Å²) in [7, 11) is 0. The van der Waals surface area contributed by atoms with Crippen molar-refractivity contribution in [3.63, 3.8) is 0 Å². The van der Waals surface area contributed by atoms with Gasteiger partial charge in [-0.1, -0.05) is 26.7 Å². The molecule has 1 amide bonds. The van der Waals surface area contributed by atoms with Crippen LogP contribution in [0, 0.1) is 0 Å². The third-order valence-corrected chi connectivity index (χ3v) is 2.05. The molecule has 0 N–H and O–H groups in total. The molecular weight excluding hydrogens is 209 g/mol. The molecule has 4 heteroatoms. The fraction of sp³-hybridized carbons (Fsp3) is 0.889. The normalized spacial score (nSPS) is 9.15. The maximum atomic E-state index is 10.8. The van der Waals surface area contributed by atoms with Crippen LogP contribution in [0.3, 0.4) is 0 Å². The molecule has 0 aromatic heterocycles. The average molecular weight is 228 g/mol. The lowest BCUT2D eigenvalue weighted by Crippen LogP contribution is -2.28. The highest BCUT2D eigenvalue weighted by atomic mass is 35.5. The number of hydrogen-bond donors (Lipinski definition) is 0. The Morgan fingerprint density at radius 2 is 1.54 bits per heavy atom. The number of unbranched alkanes of at least 4 members (excludes halogenated alkanes) is 2. The van der Waals surface area contributed by atoms with Crippen LogP contribution in [0.4, 0.5) is 4.79 Å². The van der Waals surface area contributed by atoms with Crippen LogP contribution in [0.2, 0.25) is 0 Å². The molecule has 0 rings (SSSR count). The van der Waals surface area contributed by atoms with Crippen molar-refractivity contribution in [1.82, 2.24) is 4.90 Å². The van der Waals surface area contributed by atoms with Crippen LogP contribution in [0.25, 0.3) is 0 Å². The van der Waals surface area contributed by atoms with Crippen molar-refractivity contribution >= 4 is 29.4 Å². The summed E-state index contributed by atoms with van der Waals surface area (Å²) in [5.74, 6) is 0. The van der Waals surface area contributed by atoms with Gasteiger partial charge in [0.1, 0.15) is 0 Å². The van der Waals surface area contributed by atoms with Crippen molar-refractivity contribution in [2.45, 2.75) is 39.5 Å². The first-order chi connectivity index (χ1) is 5.72. The predicted octanol–water partition coefficient (Wildman–Crippen LogP) is 3.67. The van der Waals surface area contributed by atoms with Crippen LogP contribution < -0.4 is 0 Å². The minimum atomic E-state index is -0.308. The van der Waals surface area contributed by atoms with Gasteiger partial charge in [0.25, 0.3) is 0 Å². The maximum Gasteiger partial charge on any atom is 0.316 e. The van der Waals surface area contributed by atoms with E-state index in [4.69, 9.17) is 11.6 Å². The van der Waals surface area contributed by atoms with Gasteiger partial charge in [0.15, 0.2) is 0 Å². The van der Waals surface area contributed by atoms with Gasteiger partial charge in [-0.2, -0.15) is 0 Å². The summed E-state index contributed by atoms with van der Waals surface area (Å²) in [6.07, 6.45) is 4.30. The zero-order chi connectivity index (χ0) is 9.40. The first-order valence-electron chi connectivity index (χ1n) is 4.66. The van der Waals surface area contributed by atoms with E-state index < -0.39 is 0 Å². The standard InChI is InChI=1S/C9H18ClNO.ClH/c1-3-5-7-11(9(10)12)8-6-4-2;/h3-8H2,1-2H3;1H. The van der Waals surface area contributed by atoms with Crippen molar-refractivity contribution in [2.24, 2.45) is 0 Å². The minimum absolute atomic E-state index is 0. The number of carbonyl (C=O) groups excluding carboxylic acids is 1. The second-order valence-corrected chi connectivity index (χ2v) is 3.27. The van der Waals surface area contributed by atoms with Crippen LogP contribution >= 0.6 is 24.0 Å². The zero-order valence-corrected chi connectivity index (χ0v) is 9.96. The first kappa shape index (κ1) is 15.5. The maximum absolute atomic E-state index is 10.8. The van der Waals surface area contributed by atoms with E-state index in [-0.39, 0.29) is 17.8 Å². The summed E-state index contributed by atoms with van der Waals surface area (Å²) in [6.45, 7) is 5.82. The zero-order valence-electron chi connectivity index (χ0n) is 8.38. The Kier molecular flexibility index (Phi) is 12.1. The van der Waals surface area contributed by atoms with E-state index in [0.717, 1.165) is 38.8 Å². The molecule has 0 radical (unpaired) electrons. The molecule has 0 atom stereocenters. The lowest BCUT2D eigenvalue weighted by molar-refractivity contribution is 0.220. The molecule has 0 fully saturated rings. The third kappa shape index (κ3) is 8.38. The molecule has 0 saturated heterocycles. The van der Waals surface area contributed by atoms with E-state index in [2.05, 4.69) is 13.8 Å². The quantitative estimate of drug-likeness (QED) is 0.501. The van der Waals surface area contributed by atoms with Gasteiger partial charge in [0.2, 0.25) is 0 Å². The number of hydrogen-bond acceptors (Lipinski definition) is 1. The van der Waals surface area contributed by atoms with E-state index in [1.54, 1.807) is 4.90 Å². The van der Waals surface area contributed by atoms with E-state index >= 15 is 0 Å². The topological polar surface area (TPSA) is 20.3 Å². The molecule has 0 aromatic rings. The molecule has 80 valence electrons. The molecule has 2 nitrogen and oxygen atoms in total. The van der Waals surface area contributed by atoms with Crippen molar-refractivity contribution < 1.29 is 4.79 Å². The number of amides is 1. The van der Waals surface area contributed by atoms with Gasteiger partial charge in [0.05, 0.1) is 0 Å². The largest absolute Gasteiger partial charge is 0.329 e. The Labute approximate surface area is 92.0 Å². The molecule has 0 saturated carbocycles. The number of rotatable bonds is 6. The molecule has 0 aliphatic heterocycles. The Morgan fingerprint density at radius 3 is 1.77 bits per heavy atom. The molecule has 0 heterocycles. The van der Waals surface area contributed by atoms with Crippen LogP contribution in [0.1, 0.15) is 39.5 Å². The fourth-order valence-electron chi connectivity index (χ4n) is 0.986. The van der Waals surface area contributed by atoms with Crippen LogP contribution in [0.15, 0.2) is 0 Å². The summed E-state index contributed by atoms with van der Waals surface area (Å²) in [4.78, 5) is 12.6. The Morgan fingerprint density at radius 1 is 1.15 bits per heavy atom. The van der Waals surface area contributed by atoms with Crippen molar-refractivity contribution in [2.75, 3.05) is 13.1 Å². The van der Waals surface area contributed by atoms with Gasteiger partial charge in [0, 0.05) is 13.1 Å². The highest BCUT2D eigenvalue weighted by molar-refractivity contribution is 6.62. The average Bonchev–Trinajstić information content (AvgIpc) is 2.04. The highest BCUT2D eigenvalue weighted by Crippen LogP contribution is 2.02. The molecule has 0 unspecified atom stereocenters. The van der Waals surface area contributed by atoms with E-state index in [1.807, 2.05) is 0 Å². The number of carbonyl (C=O) groups is 1. The Hall–Kier alpha value is 0.0500. The van der Waals surface area contributed by atoms with Crippen LogP contribution in [-0.4, -0.2) is 23.4 Å². The van der Waals surface area contributed by atoms with Gasteiger partial charge >= 0.3 is 5.37 Å². The second-order valence-electron chi connectivity index (χ2n) is 2.95. The predicted molar refractivity (Wildman–Crippen MR) is 59.9 cm³/mol. The van der Waals surface area contributed by atoms with Crippen molar-refractivity contribution in [1.29, 1.82) is 0 Å². The van der Waals surface area contributed by atoms with Crippen molar-refractivity contribution in [3.8, 4) is 0 Å². The van der Waals surface area contributed by atoms with Gasteiger partial charge in [-0.05, 0) is 24.4 Å². The summed E-state index contributed by atoms with van der Waals surface area (Å²) >= 11 is 5.40. The van der Waals surface area contributed by atoms with E-state index in [0.29, 0.717) is 0 Å². The fourth-order valence-corrected chi connectivity index (χ4v) is 1.15. The van der Waals surface area contributed by atoms with Crippen LogP contribution in [0.5, 0.6) is 0 Å². The van der Waals surface area contributed by atoms with Gasteiger partial charge < -0.3 is 4.90 Å². The smallest absolute Gasteiger partial charge is 0.316 e. The molecule has 0 spiro atoms. The number of nitrogens with zero attached hydrogens (tertiary/aromatic N) is 1. The molecule has 0 aliphatic rings. The Bertz CT molecular complexity index is 123. The number of halogens is 2. The molecule has 0 bridgehead atoms. The van der Waals surface area contributed by atoms with Crippen LogP contribution in [-0.2, 0) is 0 Å². The second kappa shape index (κ2) is 10.1. The van der Waals surface area contributed by atoms with Gasteiger partial charge in [-0.25, -0.2) is 0 Å². The summed E-state index contributed by atoms with van der Waals surface area (Å²) in [5.41, 5.74) is 0. The van der Waals surface area contributed by atoms with Gasteiger partial charge in [-0.3, -0.25) is 4.79 Å². The summed E-state index contributed by atoms with van der Waals surface area (Å²) < 4.78 is 0. The third-order valence-electron chi connectivity index (χ3n) is 1.81. The van der Waals surface area contributed by atoms with Gasteiger partial charge in [-0.15, -0.1) is 12.4 Å². The molecule has 0 aliphatic carbocycles. The minimum Gasteiger partial charge on any atom is -0.329 e. The van der Waals surface area contributed by atoms with E-state index in [9.17, 15) is 4.79 Å². The van der Waals surface area contributed by atoms with E-state index in [1.165, 1.54) is 0 Å². The van der Waals surface area contributed by atoms with Crippen molar-refractivity contribution in [3.05, 3.63) is 0 Å². The lowest BCUT2D eigenvalue weighted by atomic mass is 10.3. The summed E-state index contributed by atoms with van der Waals surface area (Å²) in [6, 6.07) is 0. The first-order valence-corrected chi connectivity index (χ1v) is 5.04.